The molecule has 2 nitrogen and oxygen atoms in total. The van der Waals surface area contributed by atoms with E-state index in [4.69, 9.17) is 9.52 Å². The Labute approximate surface area is 157 Å². The first-order chi connectivity index (χ1) is 11.2. The van der Waals surface area contributed by atoms with Gasteiger partial charge in [0.05, 0.1) is 13.8 Å². The van der Waals surface area contributed by atoms with Crippen molar-refractivity contribution < 1.29 is 4.52 Å². The molecule has 1 rings (SSSR count). The molecule has 1 aromatic rings. The van der Waals surface area contributed by atoms with Gasteiger partial charge >= 0.3 is 0 Å². The first-order valence-corrected chi connectivity index (χ1v) is 10.7. The second kappa shape index (κ2) is 8.21. The Hall–Kier alpha value is -0.880. The van der Waals surface area contributed by atoms with E-state index in [-0.39, 0.29) is 10.3 Å². The van der Waals surface area contributed by atoms with E-state index in [1.807, 2.05) is 6.92 Å². The molecule has 0 fully saturated rings. The molecule has 1 aromatic carbocycles. The maximum absolute atomic E-state index is 6.47. The Morgan fingerprint density at radius 3 is 1.60 bits per heavy atom. The van der Waals surface area contributed by atoms with E-state index in [1.54, 1.807) is 0 Å². The number of rotatable bonds is 4. The number of para-hydroxylation sites is 1. The third-order valence-corrected chi connectivity index (χ3v) is 6.94. The van der Waals surface area contributed by atoms with Gasteiger partial charge in [0.2, 0.25) is 0 Å². The van der Waals surface area contributed by atoms with Crippen LogP contribution in [0.3, 0.4) is 0 Å². The topological polar surface area (TPSA) is 21.6 Å². The Morgan fingerprint density at radius 1 is 0.880 bits per heavy atom. The van der Waals surface area contributed by atoms with E-state index in [2.05, 4.69) is 87.4 Å². The zero-order valence-electron chi connectivity index (χ0n) is 18.2. The van der Waals surface area contributed by atoms with E-state index in [0.29, 0.717) is 11.8 Å². The fourth-order valence-electron chi connectivity index (χ4n) is 3.23. The number of hydrogen-bond acceptors (Lipinski definition) is 2. The fraction of sp³-hybridized carbons (Fsp3) is 0.682. The molecule has 0 amide bonds. The molecule has 3 heteroatoms. The van der Waals surface area contributed by atoms with Crippen LogP contribution < -0.4 is 0 Å². The molecule has 0 radical (unpaired) electrons. The van der Waals surface area contributed by atoms with Crippen molar-refractivity contribution in [3.05, 3.63) is 29.3 Å². The Bertz CT molecular complexity index is 563. The maximum Gasteiger partial charge on any atom is 0.188 e. The lowest BCUT2D eigenvalue weighted by Crippen LogP contribution is -2.27. The molecule has 0 heterocycles. The van der Waals surface area contributed by atoms with E-state index in [0.717, 1.165) is 11.6 Å². The lowest BCUT2D eigenvalue weighted by atomic mass is 9.93. The summed E-state index contributed by atoms with van der Waals surface area (Å²) in [5.74, 6) is 1.67. The van der Waals surface area contributed by atoms with Crippen LogP contribution in [0.4, 0.5) is 5.69 Å². The fourth-order valence-corrected chi connectivity index (χ4v) is 6.10. The van der Waals surface area contributed by atoms with Gasteiger partial charge in [-0.1, -0.05) is 87.4 Å². The summed E-state index contributed by atoms with van der Waals surface area (Å²) in [6, 6.07) is 6.54. The standard InChI is InChI=1S/C22H38NOP/c1-15(2)18-13-12-14-19(16(3)4)20(18)23-17(5)24-25(21(6,7)8)22(9,10)11/h12-16H,1-11H3. The van der Waals surface area contributed by atoms with Gasteiger partial charge in [0, 0.05) is 17.2 Å². The first-order valence-electron chi connectivity index (χ1n) is 9.41. The van der Waals surface area contributed by atoms with Crippen LogP contribution in [0.25, 0.3) is 0 Å². The van der Waals surface area contributed by atoms with Crippen LogP contribution >= 0.6 is 8.15 Å². The molecule has 0 bridgehead atoms. The lowest BCUT2D eigenvalue weighted by molar-refractivity contribution is 0.526. The third-order valence-electron chi connectivity index (χ3n) is 4.05. The minimum atomic E-state index is -0.659. The van der Waals surface area contributed by atoms with Crippen molar-refractivity contribution >= 4 is 19.7 Å². The van der Waals surface area contributed by atoms with Crippen LogP contribution in [-0.2, 0) is 4.52 Å². The average molecular weight is 364 g/mol. The second-order valence-corrected chi connectivity index (χ2v) is 12.9. The van der Waals surface area contributed by atoms with Gasteiger partial charge < -0.3 is 4.52 Å². The quantitative estimate of drug-likeness (QED) is 0.302. The summed E-state index contributed by atoms with van der Waals surface area (Å²) in [6.07, 6.45) is 0. The highest BCUT2D eigenvalue weighted by atomic mass is 31.1. The highest BCUT2D eigenvalue weighted by molar-refractivity contribution is 7.56. The molecular weight excluding hydrogens is 325 g/mol. The van der Waals surface area contributed by atoms with Crippen molar-refractivity contribution in [2.75, 3.05) is 0 Å². The van der Waals surface area contributed by atoms with Crippen LogP contribution in [-0.4, -0.2) is 16.2 Å². The molecule has 0 N–H and O–H groups in total. The van der Waals surface area contributed by atoms with E-state index < -0.39 is 8.15 Å². The molecule has 142 valence electrons. The Balaban J connectivity index is 3.34. The first kappa shape index (κ1) is 22.2. The molecular formula is C22H38NOP. The highest BCUT2D eigenvalue weighted by Gasteiger charge is 2.38. The van der Waals surface area contributed by atoms with Crippen LogP contribution in [0.2, 0.25) is 0 Å². The van der Waals surface area contributed by atoms with E-state index in [9.17, 15) is 0 Å². The molecule has 25 heavy (non-hydrogen) atoms. The van der Waals surface area contributed by atoms with Gasteiger partial charge in [0.1, 0.15) is 0 Å². The predicted molar refractivity (Wildman–Crippen MR) is 115 cm³/mol. The SMILES string of the molecule is CC(=Nc1c(C(C)C)cccc1C(C)C)OP(C(C)(C)C)C(C)(C)C. The molecule has 0 saturated carbocycles. The zero-order valence-corrected chi connectivity index (χ0v) is 19.1. The summed E-state index contributed by atoms with van der Waals surface area (Å²) in [5, 5.41) is 0.228. The monoisotopic (exact) mass is 363 g/mol. The number of hydrogen-bond donors (Lipinski definition) is 0. The number of benzene rings is 1. The van der Waals surface area contributed by atoms with Gasteiger partial charge in [-0.25, -0.2) is 4.99 Å². The minimum Gasteiger partial charge on any atom is -0.460 e. The largest absolute Gasteiger partial charge is 0.460 e. The van der Waals surface area contributed by atoms with E-state index >= 15 is 0 Å². The van der Waals surface area contributed by atoms with Crippen LogP contribution in [0.5, 0.6) is 0 Å². The molecule has 0 aromatic heterocycles. The summed E-state index contributed by atoms with van der Waals surface area (Å²) in [5.41, 5.74) is 3.69. The molecule has 0 saturated heterocycles. The summed E-state index contributed by atoms with van der Waals surface area (Å²) >= 11 is 0. The second-order valence-electron chi connectivity index (χ2n) is 9.45. The third kappa shape index (κ3) is 6.10. The Morgan fingerprint density at radius 2 is 1.28 bits per heavy atom. The highest BCUT2D eigenvalue weighted by Crippen LogP contribution is 2.60. The lowest BCUT2D eigenvalue weighted by Gasteiger charge is -2.39. The molecule has 0 aliphatic carbocycles. The minimum absolute atomic E-state index is 0.114. The maximum atomic E-state index is 6.47. The summed E-state index contributed by atoms with van der Waals surface area (Å²) in [7, 11) is -0.659. The number of aliphatic imine (C=N–C) groups is 1. The van der Waals surface area contributed by atoms with Crippen molar-refractivity contribution in [3.63, 3.8) is 0 Å². The number of nitrogens with zero attached hydrogens (tertiary/aromatic N) is 1. The van der Waals surface area contributed by atoms with Gasteiger partial charge in [-0.3, -0.25) is 0 Å². The summed E-state index contributed by atoms with van der Waals surface area (Å²) < 4.78 is 6.47. The average Bonchev–Trinajstić information content (AvgIpc) is 2.42. The smallest absolute Gasteiger partial charge is 0.188 e. The van der Waals surface area contributed by atoms with Crippen molar-refractivity contribution in [1.29, 1.82) is 0 Å². The van der Waals surface area contributed by atoms with Gasteiger partial charge in [-0.2, -0.15) is 0 Å². The van der Waals surface area contributed by atoms with Crippen LogP contribution in [0, 0.1) is 0 Å². The zero-order chi connectivity index (χ0) is 19.6. The predicted octanol–water partition coefficient (Wildman–Crippen LogP) is 7.99. The van der Waals surface area contributed by atoms with Crippen molar-refractivity contribution in [2.45, 2.75) is 98.3 Å². The van der Waals surface area contributed by atoms with Crippen LogP contribution in [0.15, 0.2) is 23.2 Å². The molecule has 0 atom stereocenters. The summed E-state index contributed by atoms with van der Waals surface area (Å²) in [4.78, 5) is 4.98. The molecule has 0 unspecified atom stereocenters. The Kier molecular flexibility index (Phi) is 7.28. The molecule has 0 spiro atoms. The van der Waals surface area contributed by atoms with Crippen molar-refractivity contribution in [2.24, 2.45) is 4.99 Å². The molecule has 0 aliphatic rings. The van der Waals surface area contributed by atoms with Crippen molar-refractivity contribution in [3.8, 4) is 0 Å². The van der Waals surface area contributed by atoms with Gasteiger partial charge in [-0.05, 0) is 23.0 Å². The van der Waals surface area contributed by atoms with Crippen LogP contribution in [0.1, 0.15) is 99.1 Å². The molecule has 0 aliphatic heterocycles. The van der Waals surface area contributed by atoms with Gasteiger partial charge in [0.25, 0.3) is 0 Å². The van der Waals surface area contributed by atoms with Gasteiger partial charge in [0.15, 0.2) is 5.90 Å². The van der Waals surface area contributed by atoms with E-state index in [1.165, 1.54) is 11.1 Å². The normalized spacial score (nSPS) is 13.9. The van der Waals surface area contributed by atoms with Gasteiger partial charge in [-0.15, -0.1) is 0 Å². The van der Waals surface area contributed by atoms with Crippen molar-refractivity contribution in [1.82, 2.24) is 0 Å². The summed E-state index contributed by atoms with van der Waals surface area (Å²) in [6.45, 7) is 24.5.